The van der Waals surface area contributed by atoms with E-state index in [2.05, 4.69) is 0 Å². The maximum Gasteiger partial charge on any atom is 0.261 e. The van der Waals surface area contributed by atoms with E-state index in [-0.39, 0.29) is 4.90 Å². The Morgan fingerprint density at radius 3 is 2.58 bits per heavy atom. The SMILES string of the molecule is CCc1cccc(S(=O)(=O)Cl)c1. The van der Waals surface area contributed by atoms with E-state index >= 15 is 0 Å². The van der Waals surface area contributed by atoms with Crippen molar-refractivity contribution < 1.29 is 8.42 Å². The number of benzene rings is 1. The third kappa shape index (κ3) is 2.22. The van der Waals surface area contributed by atoms with Crippen molar-refractivity contribution >= 4 is 19.7 Å². The fourth-order valence-electron chi connectivity index (χ4n) is 0.917. The molecule has 4 heteroatoms. The monoisotopic (exact) mass is 204 g/mol. The third-order valence-corrected chi connectivity index (χ3v) is 2.94. The minimum Gasteiger partial charge on any atom is -0.207 e. The van der Waals surface area contributed by atoms with Crippen molar-refractivity contribution in [3.63, 3.8) is 0 Å². The quantitative estimate of drug-likeness (QED) is 0.692. The molecule has 0 atom stereocenters. The summed E-state index contributed by atoms with van der Waals surface area (Å²) in [5, 5.41) is 0. The molecule has 1 rings (SSSR count). The first-order chi connectivity index (χ1) is 5.54. The molecular formula is C8H9ClO2S. The van der Waals surface area contributed by atoms with Crippen LogP contribution < -0.4 is 0 Å². The van der Waals surface area contributed by atoms with Crippen molar-refractivity contribution in [3.8, 4) is 0 Å². The summed E-state index contributed by atoms with van der Waals surface area (Å²) in [5.41, 5.74) is 0.969. The fraction of sp³-hybridized carbons (Fsp3) is 0.250. The molecule has 0 N–H and O–H groups in total. The van der Waals surface area contributed by atoms with Crippen LogP contribution in [0.3, 0.4) is 0 Å². The molecule has 0 saturated heterocycles. The molecule has 0 aliphatic rings. The molecule has 1 aromatic rings. The summed E-state index contributed by atoms with van der Waals surface area (Å²) >= 11 is 0. The van der Waals surface area contributed by atoms with Crippen LogP contribution in [0.5, 0.6) is 0 Å². The number of hydrogen-bond acceptors (Lipinski definition) is 2. The molecule has 0 saturated carbocycles. The van der Waals surface area contributed by atoms with Gasteiger partial charge in [-0.15, -0.1) is 0 Å². The molecule has 0 heterocycles. The summed E-state index contributed by atoms with van der Waals surface area (Å²) in [5.74, 6) is 0. The normalized spacial score (nSPS) is 11.5. The molecule has 0 aliphatic heterocycles. The molecule has 0 fully saturated rings. The Balaban J connectivity index is 3.20. The Morgan fingerprint density at radius 1 is 1.42 bits per heavy atom. The Hall–Kier alpha value is -0.540. The Bertz CT molecular complexity index is 370. The second-order valence-electron chi connectivity index (χ2n) is 2.44. The van der Waals surface area contributed by atoms with Crippen molar-refractivity contribution in [2.75, 3.05) is 0 Å². The van der Waals surface area contributed by atoms with Gasteiger partial charge in [0.1, 0.15) is 0 Å². The molecule has 0 radical (unpaired) electrons. The number of halogens is 1. The van der Waals surface area contributed by atoms with E-state index in [1.54, 1.807) is 12.1 Å². The molecular weight excluding hydrogens is 196 g/mol. The predicted molar refractivity (Wildman–Crippen MR) is 48.9 cm³/mol. The average Bonchev–Trinajstić information content (AvgIpc) is 2.03. The summed E-state index contributed by atoms with van der Waals surface area (Å²) in [4.78, 5) is 0.170. The van der Waals surface area contributed by atoms with Gasteiger partial charge in [-0.2, -0.15) is 0 Å². The van der Waals surface area contributed by atoms with Crippen LogP contribution in [0.15, 0.2) is 29.2 Å². The lowest BCUT2D eigenvalue weighted by molar-refractivity contribution is 0.609. The molecule has 0 unspecified atom stereocenters. The van der Waals surface area contributed by atoms with E-state index in [0.717, 1.165) is 12.0 Å². The molecule has 66 valence electrons. The first-order valence-corrected chi connectivity index (χ1v) is 5.88. The van der Waals surface area contributed by atoms with Gasteiger partial charge in [-0.05, 0) is 24.1 Å². The Kier molecular flexibility index (Phi) is 2.75. The lowest BCUT2D eigenvalue weighted by atomic mass is 10.2. The van der Waals surface area contributed by atoms with E-state index in [1.807, 2.05) is 13.0 Å². The number of rotatable bonds is 2. The van der Waals surface area contributed by atoms with Gasteiger partial charge in [0, 0.05) is 10.7 Å². The molecule has 2 nitrogen and oxygen atoms in total. The molecule has 0 amide bonds. The summed E-state index contributed by atoms with van der Waals surface area (Å²) < 4.78 is 21.7. The number of hydrogen-bond donors (Lipinski definition) is 0. The smallest absolute Gasteiger partial charge is 0.207 e. The van der Waals surface area contributed by atoms with E-state index < -0.39 is 9.05 Å². The van der Waals surface area contributed by atoms with Crippen molar-refractivity contribution in [2.24, 2.45) is 0 Å². The minimum absolute atomic E-state index is 0.170. The zero-order valence-electron chi connectivity index (χ0n) is 6.62. The van der Waals surface area contributed by atoms with E-state index in [1.165, 1.54) is 6.07 Å². The lowest BCUT2D eigenvalue weighted by Gasteiger charge is -1.98. The van der Waals surface area contributed by atoms with Gasteiger partial charge in [-0.1, -0.05) is 19.1 Å². The van der Waals surface area contributed by atoms with Crippen LogP contribution in [0.1, 0.15) is 12.5 Å². The number of aryl methyl sites for hydroxylation is 1. The van der Waals surface area contributed by atoms with E-state index in [9.17, 15) is 8.42 Å². The zero-order valence-corrected chi connectivity index (χ0v) is 8.19. The average molecular weight is 205 g/mol. The highest BCUT2D eigenvalue weighted by atomic mass is 35.7. The van der Waals surface area contributed by atoms with Crippen LogP contribution in [0.25, 0.3) is 0 Å². The summed E-state index contributed by atoms with van der Waals surface area (Å²) in [6.07, 6.45) is 0.806. The van der Waals surface area contributed by atoms with Crippen molar-refractivity contribution in [1.82, 2.24) is 0 Å². The zero-order chi connectivity index (χ0) is 9.19. The van der Waals surface area contributed by atoms with Gasteiger partial charge < -0.3 is 0 Å². The maximum atomic E-state index is 10.9. The summed E-state index contributed by atoms with van der Waals surface area (Å²) in [6, 6.07) is 6.63. The van der Waals surface area contributed by atoms with Crippen molar-refractivity contribution in [2.45, 2.75) is 18.2 Å². The fourth-order valence-corrected chi connectivity index (χ4v) is 1.74. The molecule has 12 heavy (non-hydrogen) atoms. The van der Waals surface area contributed by atoms with Gasteiger partial charge in [0.2, 0.25) is 0 Å². The molecule has 0 spiro atoms. The third-order valence-electron chi connectivity index (χ3n) is 1.59. The van der Waals surface area contributed by atoms with Crippen LogP contribution in [0, 0.1) is 0 Å². The van der Waals surface area contributed by atoms with Gasteiger partial charge in [0.25, 0.3) is 9.05 Å². The first-order valence-electron chi connectivity index (χ1n) is 3.57. The lowest BCUT2D eigenvalue weighted by Crippen LogP contribution is -1.91. The van der Waals surface area contributed by atoms with Gasteiger partial charge >= 0.3 is 0 Å². The second kappa shape index (κ2) is 3.46. The van der Waals surface area contributed by atoms with Gasteiger partial charge in [-0.25, -0.2) is 8.42 Å². The highest BCUT2D eigenvalue weighted by Gasteiger charge is 2.08. The highest BCUT2D eigenvalue weighted by Crippen LogP contribution is 2.16. The molecule has 0 aliphatic carbocycles. The van der Waals surface area contributed by atoms with Gasteiger partial charge in [0.15, 0.2) is 0 Å². The molecule has 0 aromatic heterocycles. The van der Waals surface area contributed by atoms with Crippen LogP contribution in [0.2, 0.25) is 0 Å². The Labute approximate surface area is 76.6 Å². The Morgan fingerprint density at radius 2 is 2.08 bits per heavy atom. The van der Waals surface area contributed by atoms with Crippen molar-refractivity contribution in [1.29, 1.82) is 0 Å². The largest absolute Gasteiger partial charge is 0.261 e. The first kappa shape index (κ1) is 9.55. The van der Waals surface area contributed by atoms with Crippen LogP contribution in [-0.2, 0) is 15.5 Å². The van der Waals surface area contributed by atoms with Crippen LogP contribution in [0.4, 0.5) is 0 Å². The van der Waals surface area contributed by atoms with Crippen LogP contribution >= 0.6 is 10.7 Å². The standard InChI is InChI=1S/C8H9ClO2S/c1-2-7-4-3-5-8(6-7)12(9,10)11/h3-6H,2H2,1H3. The predicted octanol–water partition coefficient (Wildman–Crippen LogP) is 2.18. The minimum atomic E-state index is -3.56. The highest BCUT2D eigenvalue weighted by molar-refractivity contribution is 8.13. The van der Waals surface area contributed by atoms with Gasteiger partial charge in [0.05, 0.1) is 4.90 Å². The summed E-state index contributed by atoms with van der Waals surface area (Å²) in [7, 11) is 1.60. The molecule has 0 bridgehead atoms. The second-order valence-corrected chi connectivity index (χ2v) is 5.00. The van der Waals surface area contributed by atoms with Gasteiger partial charge in [-0.3, -0.25) is 0 Å². The van der Waals surface area contributed by atoms with Crippen molar-refractivity contribution in [3.05, 3.63) is 29.8 Å². The maximum absolute atomic E-state index is 10.9. The topological polar surface area (TPSA) is 34.1 Å². The summed E-state index contributed by atoms with van der Waals surface area (Å²) in [6.45, 7) is 1.96. The van der Waals surface area contributed by atoms with Crippen LogP contribution in [-0.4, -0.2) is 8.42 Å². The van der Waals surface area contributed by atoms with E-state index in [0.29, 0.717) is 0 Å². The molecule has 1 aromatic carbocycles. The van der Waals surface area contributed by atoms with E-state index in [4.69, 9.17) is 10.7 Å².